The summed E-state index contributed by atoms with van der Waals surface area (Å²) in [6.07, 6.45) is 1.71. The number of anilines is 2. The van der Waals surface area contributed by atoms with Crippen molar-refractivity contribution < 1.29 is 0 Å². The number of hydrogen-bond donors (Lipinski definition) is 2. The minimum absolute atomic E-state index is 0.510. The Labute approximate surface area is 180 Å². The van der Waals surface area contributed by atoms with Crippen LogP contribution >= 0.6 is 11.6 Å². The van der Waals surface area contributed by atoms with E-state index in [2.05, 4.69) is 68.5 Å². The van der Waals surface area contributed by atoms with Gasteiger partial charge in [0.1, 0.15) is 0 Å². The van der Waals surface area contributed by atoms with E-state index in [9.17, 15) is 0 Å². The summed E-state index contributed by atoms with van der Waals surface area (Å²) in [6.45, 7) is 4.17. The molecule has 1 fully saturated rings. The number of halogens is 1. The number of rotatable bonds is 1. The van der Waals surface area contributed by atoms with E-state index in [-0.39, 0.29) is 0 Å². The number of fused-ring (bicyclic) bond motifs is 6. The second-order valence-electron chi connectivity index (χ2n) is 7.64. The number of aromatic amines is 1. The van der Waals surface area contributed by atoms with Gasteiger partial charge in [-0.05, 0) is 48.2 Å². The first kappa shape index (κ1) is 18.9. The topological polar surface area (TPSA) is 60.1 Å². The van der Waals surface area contributed by atoms with Gasteiger partial charge in [-0.25, -0.2) is 9.97 Å². The first-order valence-electron chi connectivity index (χ1n) is 10.1. The number of likely N-dealkylation sites (N-methyl/N-ethyl adjacent to an activating group) is 1. The largest absolute Gasteiger partial charge is 0.368 e. The SMILES string of the molecule is CN1CCN(c2ccc3cc2ccc2cccc(c2)nc2[nH]c(n3)NC=C2Cl)CC1. The maximum absolute atomic E-state index is 6.33. The summed E-state index contributed by atoms with van der Waals surface area (Å²) in [7, 11) is 2.17. The Morgan fingerprint density at radius 1 is 0.900 bits per heavy atom. The van der Waals surface area contributed by atoms with E-state index < -0.39 is 0 Å². The Kier molecular flexibility index (Phi) is 5.02. The zero-order valence-corrected chi connectivity index (χ0v) is 17.5. The fourth-order valence-electron chi connectivity index (χ4n) is 3.77. The minimum atomic E-state index is 0.510. The highest BCUT2D eigenvalue weighted by atomic mass is 35.5. The molecule has 6 bridgehead atoms. The Bertz CT molecular complexity index is 1220. The van der Waals surface area contributed by atoms with E-state index in [1.165, 1.54) is 5.69 Å². The van der Waals surface area contributed by atoms with Gasteiger partial charge in [0.25, 0.3) is 0 Å². The standard InChI is InChI=1S/C23H23ClN6/c1-29-9-11-30(12-10-29)21-8-7-19-14-17(21)6-5-16-3-2-4-18(13-16)26-22-20(24)15-25-23(27-19)28-22/h2-8,13-15H,9-12H2,1H3,(H2,25,26,27,28). The van der Waals surface area contributed by atoms with E-state index in [0.29, 0.717) is 16.8 Å². The van der Waals surface area contributed by atoms with Gasteiger partial charge in [-0.1, -0.05) is 35.9 Å². The summed E-state index contributed by atoms with van der Waals surface area (Å²) < 4.78 is 0. The van der Waals surface area contributed by atoms with Crippen molar-refractivity contribution in [2.45, 2.75) is 0 Å². The molecule has 5 rings (SSSR count). The van der Waals surface area contributed by atoms with Crippen LogP contribution in [0.2, 0.25) is 0 Å². The van der Waals surface area contributed by atoms with Gasteiger partial charge in [0, 0.05) is 38.1 Å². The van der Waals surface area contributed by atoms with Crippen molar-refractivity contribution in [3.8, 4) is 0 Å². The molecule has 1 aromatic heterocycles. The molecular formula is C23H23ClN6. The molecule has 0 unspecified atom stereocenters. The first-order chi connectivity index (χ1) is 14.6. The lowest BCUT2D eigenvalue weighted by Gasteiger charge is -2.34. The van der Waals surface area contributed by atoms with Crippen LogP contribution in [0.3, 0.4) is 0 Å². The van der Waals surface area contributed by atoms with E-state index in [0.717, 1.165) is 48.0 Å². The Balaban J connectivity index is 1.75. The Hall–Kier alpha value is -3.09. The van der Waals surface area contributed by atoms with Crippen molar-refractivity contribution in [1.82, 2.24) is 19.9 Å². The van der Waals surface area contributed by atoms with Gasteiger partial charge < -0.3 is 20.1 Å². The molecule has 2 aliphatic rings. The summed E-state index contributed by atoms with van der Waals surface area (Å²) in [6, 6.07) is 18.7. The number of benzene rings is 2. The van der Waals surface area contributed by atoms with Gasteiger partial charge in [0.15, 0.2) is 5.82 Å². The highest BCUT2D eigenvalue weighted by Gasteiger charge is 2.15. The highest BCUT2D eigenvalue weighted by Crippen LogP contribution is 2.25. The van der Waals surface area contributed by atoms with Crippen LogP contribution in [0, 0.1) is 0 Å². The predicted octanol–water partition coefficient (Wildman–Crippen LogP) is 4.51. The van der Waals surface area contributed by atoms with Gasteiger partial charge in [-0.2, -0.15) is 0 Å². The van der Waals surface area contributed by atoms with E-state index in [4.69, 9.17) is 16.6 Å². The zero-order chi connectivity index (χ0) is 20.5. The molecule has 2 aliphatic heterocycles. The lowest BCUT2D eigenvalue weighted by atomic mass is 10.1. The molecule has 0 spiro atoms. The van der Waals surface area contributed by atoms with Crippen LogP contribution in [-0.4, -0.2) is 53.1 Å². The average molecular weight is 419 g/mol. The molecule has 3 aromatic rings. The predicted molar refractivity (Wildman–Crippen MR) is 125 cm³/mol. The van der Waals surface area contributed by atoms with Crippen LogP contribution in [0.4, 0.5) is 11.6 Å². The van der Waals surface area contributed by atoms with Crippen LogP contribution in [0.15, 0.2) is 60.8 Å². The monoisotopic (exact) mass is 418 g/mol. The number of piperazine rings is 1. The number of hydrogen-bond acceptors (Lipinski definition) is 5. The summed E-state index contributed by atoms with van der Waals surface area (Å²) >= 11 is 6.33. The molecule has 0 atom stereocenters. The molecule has 1 saturated heterocycles. The maximum atomic E-state index is 6.33. The molecule has 0 aliphatic carbocycles. The molecule has 0 radical (unpaired) electrons. The Morgan fingerprint density at radius 3 is 2.60 bits per heavy atom. The molecule has 6 nitrogen and oxygen atoms in total. The van der Waals surface area contributed by atoms with E-state index in [1.54, 1.807) is 6.20 Å². The number of H-pyrrole nitrogens is 1. The highest BCUT2D eigenvalue weighted by molar-refractivity contribution is 6.48. The van der Waals surface area contributed by atoms with Crippen molar-refractivity contribution >= 4 is 50.1 Å². The summed E-state index contributed by atoms with van der Waals surface area (Å²) in [5.74, 6) is 1.17. The molecule has 3 heterocycles. The number of aromatic nitrogens is 3. The van der Waals surface area contributed by atoms with Gasteiger partial charge >= 0.3 is 0 Å². The van der Waals surface area contributed by atoms with E-state index in [1.807, 2.05) is 18.2 Å². The second-order valence-corrected chi connectivity index (χ2v) is 8.05. The van der Waals surface area contributed by atoms with Crippen molar-refractivity contribution in [2.75, 3.05) is 43.4 Å². The first-order valence-corrected chi connectivity index (χ1v) is 10.4. The van der Waals surface area contributed by atoms with Crippen LogP contribution in [0.1, 0.15) is 5.82 Å². The fourth-order valence-corrected chi connectivity index (χ4v) is 3.92. The van der Waals surface area contributed by atoms with Crippen molar-refractivity contribution in [2.24, 2.45) is 0 Å². The minimum Gasteiger partial charge on any atom is -0.368 e. The van der Waals surface area contributed by atoms with Gasteiger partial charge in [-0.3, -0.25) is 0 Å². The third-order valence-corrected chi connectivity index (χ3v) is 5.75. The van der Waals surface area contributed by atoms with Crippen molar-refractivity contribution in [3.63, 3.8) is 0 Å². The Morgan fingerprint density at radius 2 is 1.73 bits per heavy atom. The van der Waals surface area contributed by atoms with Gasteiger partial charge in [-0.15, -0.1) is 0 Å². The quantitative estimate of drug-likeness (QED) is 0.608. The maximum Gasteiger partial charge on any atom is 0.206 e. The number of nitrogens with zero attached hydrogens (tertiary/aromatic N) is 4. The summed E-state index contributed by atoms with van der Waals surface area (Å²) in [5, 5.41) is 5.84. The molecule has 7 heteroatoms. The molecule has 2 N–H and O–H groups in total. The normalized spacial score (nSPS) is 16.1. The average Bonchev–Trinajstić information content (AvgIpc) is 2.76. The van der Waals surface area contributed by atoms with Crippen LogP contribution < -0.4 is 10.2 Å². The molecule has 152 valence electrons. The van der Waals surface area contributed by atoms with Crippen molar-refractivity contribution in [3.05, 3.63) is 66.6 Å². The van der Waals surface area contributed by atoms with Crippen LogP contribution in [-0.2, 0) is 0 Å². The van der Waals surface area contributed by atoms with Crippen LogP contribution in [0.25, 0.3) is 26.8 Å². The molecular weight excluding hydrogens is 396 g/mol. The van der Waals surface area contributed by atoms with Gasteiger partial charge in [0.2, 0.25) is 5.95 Å². The molecule has 0 saturated carbocycles. The summed E-state index contributed by atoms with van der Waals surface area (Å²) in [4.78, 5) is 17.4. The lowest BCUT2D eigenvalue weighted by molar-refractivity contribution is 0.313. The number of nitrogens with one attached hydrogen (secondary N) is 2. The second kappa shape index (κ2) is 7.97. The lowest BCUT2D eigenvalue weighted by Crippen LogP contribution is -2.44. The summed E-state index contributed by atoms with van der Waals surface area (Å²) in [5.41, 5.74) is 2.93. The third kappa shape index (κ3) is 3.97. The zero-order valence-electron chi connectivity index (χ0n) is 16.8. The smallest absolute Gasteiger partial charge is 0.206 e. The molecule has 30 heavy (non-hydrogen) atoms. The molecule has 0 amide bonds. The third-order valence-electron chi connectivity index (χ3n) is 5.46. The fraction of sp³-hybridized carbons (Fsp3) is 0.217. The van der Waals surface area contributed by atoms with Gasteiger partial charge in [0.05, 0.1) is 16.1 Å². The van der Waals surface area contributed by atoms with Crippen LogP contribution in [0.5, 0.6) is 0 Å². The van der Waals surface area contributed by atoms with E-state index >= 15 is 0 Å². The van der Waals surface area contributed by atoms with Crippen molar-refractivity contribution in [1.29, 1.82) is 0 Å². The molecule has 2 aromatic carbocycles.